The van der Waals surface area contributed by atoms with Gasteiger partial charge in [0.1, 0.15) is 0 Å². The predicted molar refractivity (Wildman–Crippen MR) is 92.6 cm³/mol. The van der Waals surface area contributed by atoms with E-state index in [0.29, 0.717) is 11.6 Å². The van der Waals surface area contributed by atoms with Crippen molar-refractivity contribution in [2.75, 3.05) is 13.1 Å². The number of likely N-dealkylation sites (tertiary alicyclic amines) is 1. The highest BCUT2D eigenvalue weighted by atomic mass is 35.5. The largest absolute Gasteiger partial charge is 0.393 e. The number of carbonyl (C=O) groups is 1. The van der Waals surface area contributed by atoms with Crippen molar-refractivity contribution in [1.29, 1.82) is 0 Å². The van der Waals surface area contributed by atoms with Crippen molar-refractivity contribution < 1.29 is 9.90 Å². The van der Waals surface area contributed by atoms with E-state index in [1.54, 1.807) is 0 Å². The van der Waals surface area contributed by atoms with E-state index in [1.165, 1.54) is 0 Å². The van der Waals surface area contributed by atoms with Gasteiger partial charge in [-0.25, -0.2) is 0 Å². The van der Waals surface area contributed by atoms with Crippen LogP contribution in [0, 0.1) is 5.92 Å². The third kappa shape index (κ3) is 3.27. The summed E-state index contributed by atoms with van der Waals surface area (Å²) < 4.78 is 0. The molecule has 0 spiro atoms. The number of carbonyl (C=O) groups excluding carboxylic acids is 1. The standard InChI is InChI=1S/C19H26ClNO2/c1-14(22)15-5-4-12-21(13-15)18(23)19(10-2-3-11-19)16-6-8-17(20)9-7-16/h6-9,14-15,22H,2-5,10-13H2,1H3. The molecule has 1 saturated carbocycles. The minimum absolute atomic E-state index is 0.205. The summed E-state index contributed by atoms with van der Waals surface area (Å²) in [4.78, 5) is 15.4. The number of aliphatic hydroxyl groups is 1. The zero-order chi connectivity index (χ0) is 16.4. The molecule has 2 fully saturated rings. The molecule has 2 atom stereocenters. The Kier molecular flexibility index (Phi) is 4.98. The van der Waals surface area contributed by atoms with Crippen LogP contribution < -0.4 is 0 Å². The Morgan fingerprint density at radius 1 is 1.26 bits per heavy atom. The normalized spacial score (nSPS) is 25.3. The van der Waals surface area contributed by atoms with Gasteiger partial charge in [-0.3, -0.25) is 4.79 Å². The SMILES string of the molecule is CC(O)C1CCCN(C(=O)C2(c3ccc(Cl)cc3)CCCC2)C1. The molecule has 0 radical (unpaired) electrons. The van der Waals surface area contributed by atoms with E-state index in [9.17, 15) is 9.90 Å². The monoisotopic (exact) mass is 335 g/mol. The van der Waals surface area contributed by atoms with Gasteiger partial charge in [0, 0.05) is 24.0 Å². The first-order valence-corrected chi connectivity index (χ1v) is 9.14. The molecular weight excluding hydrogens is 310 g/mol. The zero-order valence-corrected chi connectivity index (χ0v) is 14.6. The van der Waals surface area contributed by atoms with E-state index in [4.69, 9.17) is 11.6 Å². The van der Waals surface area contributed by atoms with Gasteiger partial charge in [-0.05, 0) is 50.3 Å². The van der Waals surface area contributed by atoms with Gasteiger partial charge in [-0.1, -0.05) is 36.6 Å². The third-order valence-corrected chi connectivity index (χ3v) is 5.94. The summed E-state index contributed by atoms with van der Waals surface area (Å²) >= 11 is 6.02. The Labute approximate surface area is 143 Å². The van der Waals surface area contributed by atoms with Crippen LogP contribution in [0.5, 0.6) is 0 Å². The molecule has 1 amide bonds. The van der Waals surface area contributed by atoms with E-state index in [-0.39, 0.29) is 23.3 Å². The van der Waals surface area contributed by atoms with Crippen LogP contribution in [0.4, 0.5) is 0 Å². The Bertz CT molecular complexity index is 549. The van der Waals surface area contributed by atoms with E-state index >= 15 is 0 Å². The molecule has 2 aliphatic rings. The molecule has 1 aliphatic heterocycles. The predicted octanol–water partition coefficient (Wildman–Crippen LogP) is 3.77. The minimum atomic E-state index is -0.384. The third-order valence-electron chi connectivity index (χ3n) is 5.69. The summed E-state index contributed by atoms with van der Waals surface area (Å²) in [6.07, 6.45) is 5.69. The number of rotatable bonds is 3. The highest BCUT2D eigenvalue weighted by Crippen LogP contribution is 2.43. The highest BCUT2D eigenvalue weighted by molar-refractivity contribution is 6.30. The molecule has 23 heavy (non-hydrogen) atoms. The fraction of sp³-hybridized carbons (Fsp3) is 0.632. The van der Waals surface area contributed by atoms with Gasteiger partial charge in [-0.15, -0.1) is 0 Å². The van der Waals surface area contributed by atoms with E-state index in [1.807, 2.05) is 36.1 Å². The van der Waals surface area contributed by atoms with Crippen LogP contribution in [-0.2, 0) is 10.2 Å². The second kappa shape index (κ2) is 6.82. The van der Waals surface area contributed by atoms with Crippen molar-refractivity contribution in [3.8, 4) is 0 Å². The van der Waals surface area contributed by atoms with Crippen LogP contribution >= 0.6 is 11.6 Å². The van der Waals surface area contributed by atoms with Gasteiger partial charge in [-0.2, -0.15) is 0 Å². The highest BCUT2D eigenvalue weighted by Gasteiger charge is 2.45. The Morgan fingerprint density at radius 2 is 1.91 bits per heavy atom. The van der Waals surface area contributed by atoms with Crippen LogP contribution in [0.15, 0.2) is 24.3 Å². The van der Waals surface area contributed by atoms with E-state index in [2.05, 4.69) is 0 Å². The molecule has 1 heterocycles. The lowest BCUT2D eigenvalue weighted by Crippen LogP contribution is -2.50. The average Bonchev–Trinajstić information content (AvgIpc) is 3.06. The van der Waals surface area contributed by atoms with Crippen molar-refractivity contribution in [2.45, 2.75) is 57.0 Å². The number of amides is 1. The molecule has 4 heteroatoms. The zero-order valence-electron chi connectivity index (χ0n) is 13.8. The summed E-state index contributed by atoms with van der Waals surface area (Å²) in [6.45, 7) is 3.34. The average molecular weight is 336 g/mol. The van der Waals surface area contributed by atoms with Crippen LogP contribution in [0.1, 0.15) is 51.0 Å². The molecule has 0 aromatic heterocycles. The van der Waals surface area contributed by atoms with Gasteiger partial charge in [0.2, 0.25) is 5.91 Å². The van der Waals surface area contributed by atoms with Gasteiger partial charge < -0.3 is 10.0 Å². The number of hydrogen-bond donors (Lipinski definition) is 1. The maximum atomic E-state index is 13.4. The fourth-order valence-electron chi connectivity index (χ4n) is 4.26. The maximum absolute atomic E-state index is 13.4. The Hall–Kier alpha value is -1.06. The summed E-state index contributed by atoms with van der Waals surface area (Å²) in [7, 11) is 0. The number of hydrogen-bond acceptors (Lipinski definition) is 2. The number of piperidine rings is 1. The molecule has 1 N–H and O–H groups in total. The van der Waals surface area contributed by atoms with Crippen molar-refractivity contribution in [3.05, 3.63) is 34.9 Å². The van der Waals surface area contributed by atoms with Crippen LogP contribution in [0.25, 0.3) is 0 Å². The molecule has 3 nitrogen and oxygen atoms in total. The van der Waals surface area contributed by atoms with Gasteiger partial charge >= 0.3 is 0 Å². The lowest BCUT2D eigenvalue weighted by Gasteiger charge is -2.40. The molecule has 1 aromatic carbocycles. The number of nitrogens with zero attached hydrogens (tertiary/aromatic N) is 1. The first kappa shape index (κ1) is 16.8. The van der Waals surface area contributed by atoms with Crippen molar-refractivity contribution >= 4 is 17.5 Å². The topological polar surface area (TPSA) is 40.5 Å². The summed E-state index contributed by atoms with van der Waals surface area (Å²) in [5.74, 6) is 0.457. The summed E-state index contributed by atoms with van der Waals surface area (Å²) in [6, 6.07) is 7.81. The molecule has 126 valence electrons. The quantitative estimate of drug-likeness (QED) is 0.913. The second-order valence-corrected chi connectivity index (χ2v) is 7.63. The number of aliphatic hydroxyl groups excluding tert-OH is 1. The molecule has 1 saturated heterocycles. The molecule has 2 unspecified atom stereocenters. The molecule has 1 aromatic rings. The number of benzene rings is 1. The molecule has 3 rings (SSSR count). The van der Waals surface area contributed by atoms with Gasteiger partial charge in [0.05, 0.1) is 11.5 Å². The summed E-state index contributed by atoms with van der Waals surface area (Å²) in [5, 5.41) is 10.6. The first-order chi connectivity index (χ1) is 11.0. The lowest BCUT2D eigenvalue weighted by molar-refractivity contribution is -0.140. The van der Waals surface area contributed by atoms with Crippen molar-refractivity contribution in [3.63, 3.8) is 0 Å². The smallest absolute Gasteiger partial charge is 0.233 e. The Morgan fingerprint density at radius 3 is 2.52 bits per heavy atom. The maximum Gasteiger partial charge on any atom is 0.233 e. The van der Waals surface area contributed by atoms with Crippen molar-refractivity contribution in [2.24, 2.45) is 5.92 Å². The van der Waals surface area contributed by atoms with Gasteiger partial charge in [0.15, 0.2) is 0 Å². The molecular formula is C19H26ClNO2. The van der Waals surface area contributed by atoms with Crippen molar-refractivity contribution in [1.82, 2.24) is 4.90 Å². The van der Waals surface area contributed by atoms with Crippen LogP contribution in [0.2, 0.25) is 5.02 Å². The second-order valence-electron chi connectivity index (χ2n) is 7.19. The summed E-state index contributed by atoms with van der Waals surface area (Å²) in [5.41, 5.74) is 0.717. The van der Waals surface area contributed by atoms with Gasteiger partial charge in [0.25, 0.3) is 0 Å². The van der Waals surface area contributed by atoms with E-state index < -0.39 is 0 Å². The fourth-order valence-corrected chi connectivity index (χ4v) is 4.39. The van der Waals surface area contributed by atoms with Crippen LogP contribution in [-0.4, -0.2) is 35.1 Å². The first-order valence-electron chi connectivity index (χ1n) is 8.76. The lowest BCUT2D eigenvalue weighted by atomic mass is 9.77. The molecule has 0 bridgehead atoms. The minimum Gasteiger partial charge on any atom is -0.393 e. The van der Waals surface area contributed by atoms with Crippen LogP contribution in [0.3, 0.4) is 0 Å². The molecule has 1 aliphatic carbocycles. The van der Waals surface area contributed by atoms with E-state index in [0.717, 1.165) is 50.6 Å². The number of halogens is 1. The Balaban J connectivity index is 1.86.